The number of thioether (sulfide) groups is 1. The Morgan fingerprint density at radius 1 is 1.10 bits per heavy atom. The molecule has 0 saturated carbocycles. The Balaban J connectivity index is 1.74. The van der Waals surface area contributed by atoms with Crippen molar-refractivity contribution < 1.29 is 9.26 Å². The van der Waals surface area contributed by atoms with Crippen LogP contribution < -0.4 is 4.74 Å². The zero-order chi connectivity index (χ0) is 20.2. The van der Waals surface area contributed by atoms with E-state index in [9.17, 15) is 0 Å². The van der Waals surface area contributed by atoms with Crippen LogP contribution in [0.5, 0.6) is 5.75 Å². The predicted molar refractivity (Wildman–Crippen MR) is 109 cm³/mol. The molecule has 1 aromatic carbocycles. The first-order valence-electron chi connectivity index (χ1n) is 9.21. The Morgan fingerprint density at radius 3 is 2.52 bits per heavy atom. The smallest absolute Gasteiger partial charge is 0.239 e. The second-order valence-electron chi connectivity index (χ2n) is 6.24. The Bertz CT molecular complexity index is 1080. The van der Waals surface area contributed by atoms with Crippen molar-refractivity contribution in [2.24, 2.45) is 0 Å². The fourth-order valence-electron chi connectivity index (χ4n) is 2.81. The Morgan fingerprint density at radius 2 is 1.86 bits per heavy atom. The third-order valence-corrected chi connectivity index (χ3v) is 5.18. The van der Waals surface area contributed by atoms with Gasteiger partial charge < -0.3 is 9.26 Å². The van der Waals surface area contributed by atoms with Gasteiger partial charge in [-0.3, -0.25) is 9.55 Å². The summed E-state index contributed by atoms with van der Waals surface area (Å²) in [5.41, 5.74) is 1.86. The minimum Gasteiger partial charge on any atom is -0.494 e. The third kappa shape index (κ3) is 4.14. The van der Waals surface area contributed by atoms with Crippen molar-refractivity contribution in [3.05, 3.63) is 60.5 Å². The summed E-state index contributed by atoms with van der Waals surface area (Å²) in [4.78, 5) is 8.42. The maximum Gasteiger partial charge on any atom is 0.239 e. The molecule has 0 unspecified atom stereocenters. The van der Waals surface area contributed by atoms with Crippen molar-refractivity contribution in [1.29, 1.82) is 0 Å². The van der Waals surface area contributed by atoms with Gasteiger partial charge in [0.15, 0.2) is 16.8 Å². The standard InChI is InChI=1S/C20H20N6O2S/c1-4-27-17-7-5-16(6-8-17)26-18(15-9-11-21-12-10-15)23-24-20(26)29-13(2)19-22-14(3)25-28-19/h5-13H,4H2,1-3H3/t13-/m1/s1. The maximum atomic E-state index is 5.57. The van der Waals surface area contributed by atoms with E-state index in [2.05, 4.69) is 25.3 Å². The fourth-order valence-corrected chi connectivity index (χ4v) is 3.71. The van der Waals surface area contributed by atoms with Gasteiger partial charge >= 0.3 is 0 Å². The predicted octanol–water partition coefficient (Wildman–Crippen LogP) is 4.27. The molecule has 1 atom stereocenters. The number of pyridine rings is 1. The van der Waals surface area contributed by atoms with E-state index in [0.29, 0.717) is 18.3 Å². The van der Waals surface area contributed by atoms with E-state index in [0.717, 1.165) is 28.0 Å². The van der Waals surface area contributed by atoms with Gasteiger partial charge in [0.2, 0.25) is 5.89 Å². The molecule has 3 aromatic heterocycles. The fraction of sp³-hybridized carbons (Fsp3) is 0.250. The van der Waals surface area contributed by atoms with Crippen LogP contribution in [0.4, 0.5) is 0 Å². The lowest BCUT2D eigenvalue weighted by molar-refractivity contribution is 0.340. The monoisotopic (exact) mass is 408 g/mol. The number of hydrogen-bond donors (Lipinski definition) is 0. The molecule has 9 heteroatoms. The van der Waals surface area contributed by atoms with Crippen LogP contribution in [0, 0.1) is 6.92 Å². The quantitative estimate of drug-likeness (QED) is 0.419. The summed E-state index contributed by atoms with van der Waals surface area (Å²) in [5.74, 6) is 2.71. The van der Waals surface area contributed by atoms with Crippen LogP contribution in [0.25, 0.3) is 17.1 Å². The number of ether oxygens (including phenoxy) is 1. The van der Waals surface area contributed by atoms with E-state index in [4.69, 9.17) is 9.26 Å². The van der Waals surface area contributed by atoms with Gasteiger partial charge in [0.05, 0.1) is 11.9 Å². The van der Waals surface area contributed by atoms with Gasteiger partial charge in [0.1, 0.15) is 5.75 Å². The summed E-state index contributed by atoms with van der Waals surface area (Å²) < 4.78 is 12.9. The number of nitrogens with zero attached hydrogens (tertiary/aromatic N) is 6. The minimum absolute atomic E-state index is 0.0767. The molecule has 0 spiro atoms. The van der Waals surface area contributed by atoms with Crippen LogP contribution >= 0.6 is 11.8 Å². The molecule has 148 valence electrons. The van der Waals surface area contributed by atoms with E-state index in [1.54, 1.807) is 19.3 Å². The molecule has 29 heavy (non-hydrogen) atoms. The van der Waals surface area contributed by atoms with Gasteiger partial charge in [-0.1, -0.05) is 16.9 Å². The molecule has 0 saturated heterocycles. The molecular weight excluding hydrogens is 388 g/mol. The zero-order valence-corrected chi connectivity index (χ0v) is 17.1. The normalized spacial score (nSPS) is 12.1. The summed E-state index contributed by atoms with van der Waals surface area (Å²) in [6.07, 6.45) is 3.48. The molecule has 0 aliphatic heterocycles. The Labute approximate surface area is 172 Å². The van der Waals surface area contributed by atoms with Crippen LogP contribution in [0.15, 0.2) is 58.5 Å². The number of aryl methyl sites for hydroxylation is 1. The average molecular weight is 408 g/mol. The van der Waals surface area contributed by atoms with Crippen LogP contribution in [0.3, 0.4) is 0 Å². The van der Waals surface area contributed by atoms with Crippen molar-refractivity contribution in [2.45, 2.75) is 31.2 Å². The van der Waals surface area contributed by atoms with Crippen LogP contribution in [0.1, 0.15) is 30.8 Å². The molecule has 0 fully saturated rings. The summed E-state index contributed by atoms with van der Waals surface area (Å²) in [6, 6.07) is 11.7. The minimum atomic E-state index is -0.0767. The molecule has 0 bridgehead atoms. The van der Waals surface area contributed by atoms with Gasteiger partial charge in [0, 0.05) is 23.6 Å². The number of benzene rings is 1. The molecule has 0 amide bonds. The van der Waals surface area contributed by atoms with Crippen LogP contribution in [-0.2, 0) is 0 Å². The molecule has 4 rings (SSSR count). The first kappa shape index (κ1) is 19.1. The number of aromatic nitrogens is 6. The largest absolute Gasteiger partial charge is 0.494 e. The van der Waals surface area contributed by atoms with Crippen molar-refractivity contribution in [3.8, 4) is 22.8 Å². The number of hydrogen-bond acceptors (Lipinski definition) is 8. The van der Waals surface area contributed by atoms with E-state index in [1.165, 1.54) is 11.8 Å². The van der Waals surface area contributed by atoms with Gasteiger partial charge in [0.25, 0.3) is 0 Å². The second kappa shape index (κ2) is 8.44. The lowest BCUT2D eigenvalue weighted by Gasteiger charge is -2.12. The highest BCUT2D eigenvalue weighted by molar-refractivity contribution is 7.99. The molecular formula is C20H20N6O2S. The van der Waals surface area contributed by atoms with Crippen molar-refractivity contribution in [2.75, 3.05) is 6.61 Å². The average Bonchev–Trinajstić information content (AvgIpc) is 3.36. The molecule has 0 N–H and O–H groups in total. The van der Waals surface area contributed by atoms with E-state index in [-0.39, 0.29) is 5.25 Å². The highest BCUT2D eigenvalue weighted by Gasteiger charge is 2.22. The van der Waals surface area contributed by atoms with Crippen molar-refractivity contribution in [1.82, 2.24) is 29.9 Å². The summed E-state index contributed by atoms with van der Waals surface area (Å²) in [5, 5.41) is 13.4. The van der Waals surface area contributed by atoms with Gasteiger partial charge in [-0.05, 0) is 57.2 Å². The first-order valence-corrected chi connectivity index (χ1v) is 10.1. The SMILES string of the molecule is CCOc1ccc(-n2c(S[C@H](C)c3nc(C)no3)nnc2-c2ccncc2)cc1. The van der Waals surface area contributed by atoms with Gasteiger partial charge in [-0.2, -0.15) is 4.98 Å². The molecule has 0 aliphatic rings. The summed E-state index contributed by atoms with van der Waals surface area (Å²) in [7, 11) is 0. The van der Waals surface area contributed by atoms with E-state index in [1.807, 2.05) is 54.8 Å². The third-order valence-electron chi connectivity index (χ3n) is 4.15. The summed E-state index contributed by atoms with van der Waals surface area (Å²) in [6.45, 7) is 6.39. The second-order valence-corrected chi connectivity index (χ2v) is 7.55. The number of rotatable bonds is 7. The molecule has 3 heterocycles. The van der Waals surface area contributed by atoms with Crippen molar-refractivity contribution >= 4 is 11.8 Å². The van der Waals surface area contributed by atoms with E-state index < -0.39 is 0 Å². The summed E-state index contributed by atoms with van der Waals surface area (Å²) >= 11 is 1.51. The van der Waals surface area contributed by atoms with Crippen LogP contribution in [0.2, 0.25) is 0 Å². The Kier molecular flexibility index (Phi) is 5.57. The topological polar surface area (TPSA) is 91.8 Å². The molecule has 8 nitrogen and oxygen atoms in total. The van der Waals surface area contributed by atoms with Crippen LogP contribution in [-0.4, -0.2) is 36.5 Å². The van der Waals surface area contributed by atoms with Gasteiger partial charge in [-0.15, -0.1) is 10.2 Å². The molecule has 4 aromatic rings. The lowest BCUT2D eigenvalue weighted by atomic mass is 10.2. The van der Waals surface area contributed by atoms with Gasteiger partial charge in [-0.25, -0.2) is 0 Å². The zero-order valence-electron chi connectivity index (χ0n) is 16.3. The highest BCUT2D eigenvalue weighted by Crippen LogP contribution is 2.36. The molecule has 0 radical (unpaired) electrons. The molecule has 0 aliphatic carbocycles. The Hall–Kier alpha value is -3.20. The first-order chi connectivity index (χ1) is 14.2. The highest BCUT2D eigenvalue weighted by atomic mass is 32.2. The maximum absolute atomic E-state index is 5.57. The van der Waals surface area contributed by atoms with Crippen molar-refractivity contribution in [3.63, 3.8) is 0 Å². The lowest BCUT2D eigenvalue weighted by Crippen LogP contribution is -2.01. The van der Waals surface area contributed by atoms with E-state index >= 15 is 0 Å².